The molecular weight excluding hydrogens is 522 g/mol. The van der Waals surface area contributed by atoms with Gasteiger partial charge in [-0.2, -0.15) is 0 Å². The maximum absolute atomic E-state index is 12.9. The number of fused-ring (bicyclic) bond motifs is 1. The number of carbonyl (C=O) groups excluding carboxylic acids is 2. The second kappa shape index (κ2) is 11.4. The first-order valence-corrected chi connectivity index (χ1v) is 12.0. The van der Waals surface area contributed by atoms with Crippen LogP contribution in [0.5, 0.6) is 5.75 Å². The molecule has 0 fully saturated rings. The van der Waals surface area contributed by atoms with Crippen LogP contribution >= 0.6 is 15.9 Å². The number of phenols is 1. The van der Waals surface area contributed by atoms with Crippen molar-refractivity contribution in [3.8, 4) is 5.75 Å². The average molecular weight is 546 g/mol. The molecule has 2 amide bonds. The van der Waals surface area contributed by atoms with Gasteiger partial charge in [0.25, 0.3) is 0 Å². The Morgan fingerprint density at radius 2 is 1.67 bits per heavy atom. The number of para-hydroxylation sites is 2. The van der Waals surface area contributed by atoms with E-state index in [2.05, 4.69) is 26.6 Å². The van der Waals surface area contributed by atoms with Gasteiger partial charge in [-0.1, -0.05) is 70.5 Å². The van der Waals surface area contributed by atoms with E-state index in [-0.39, 0.29) is 18.1 Å². The van der Waals surface area contributed by atoms with E-state index < -0.39 is 12.2 Å². The number of nitrogens with two attached hydrogens (primary N) is 1. The maximum Gasteiger partial charge on any atom is 0.412 e. The zero-order chi connectivity index (χ0) is 25.5. The molecule has 0 saturated carbocycles. The molecular formula is C28H24BrN3O4. The van der Waals surface area contributed by atoms with E-state index in [0.29, 0.717) is 27.1 Å². The molecule has 5 N–H and O–H groups in total. The first kappa shape index (κ1) is 24.8. The number of rotatable bonds is 7. The molecule has 0 unspecified atom stereocenters. The van der Waals surface area contributed by atoms with Gasteiger partial charge in [0.05, 0.1) is 17.1 Å². The van der Waals surface area contributed by atoms with E-state index in [1.165, 1.54) is 12.1 Å². The van der Waals surface area contributed by atoms with Crippen LogP contribution in [0, 0.1) is 0 Å². The number of phenolic OH excluding ortho intramolecular Hbond substituents is 1. The van der Waals surface area contributed by atoms with Crippen LogP contribution in [-0.2, 0) is 9.53 Å². The molecule has 0 aliphatic rings. The maximum atomic E-state index is 12.9. The van der Waals surface area contributed by atoms with Gasteiger partial charge in [-0.25, -0.2) is 4.79 Å². The molecule has 0 saturated heterocycles. The van der Waals surface area contributed by atoms with E-state index >= 15 is 0 Å². The Labute approximate surface area is 216 Å². The highest BCUT2D eigenvalue weighted by Crippen LogP contribution is 2.33. The smallest absolute Gasteiger partial charge is 0.412 e. The quantitative estimate of drug-likeness (QED) is 0.151. The van der Waals surface area contributed by atoms with Gasteiger partial charge in [0.1, 0.15) is 11.9 Å². The number of carbonyl (C=O) groups is 2. The molecule has 36 heavy (non-hydrogen) atoms. The van der Waals surface area contributed by atoms with Crippen LogP contribution in [0.25, 0.3) is 10.8 Å². The van der Waals surface area contributed by atoms with Crippen LogP contribution in [0.1, 0.15) is 18.1 Å². The standard InChI is InChI=1S/C28H24BrN3O4/c29-19-15-16-25(33)21(17-19)26(13-6-14-27(34)31-24-11-4-3-10-22(24)30)36-28(35)32-23-12-5-8-18-7-1-2-9-20(18)23/h1-12,14-17,26,33H,13,30H2,(H,31,34)(H,32,35)/b14-6+/t26-/m0/s1. The Kier molecular flexibility index (Phi) is 7.87. The Hall–Kier alpha value is -4.30. The van der Waals surface area contributed by atoms with E-state index in [1.54, 1.807) is 48.5 Å². The lowest BCUT2D eigenvalue weighted by molar-refractivity contribution is -0.111. The second-order valence-electron chi connectivity index (χ2n) is 7.96. The van der Waals surface area contributed by atoms with Gasteiger partial charge in [0.2, 0.25) is 5.91 Å². The van der Waals surface area contributed by atoms with Gasteiger partial charge in [-0.15, -0.1) is 0 Å². The van der Waals surface area contributed by atoms with Crippen molar-refractivity contribution in [3.05, 3.63) is 107 Å². The molecule has 0 aliphatic heterocycles. The summed E-state index contributed by atoms with van der Waals surface area (Å²) in [6.45, 7) is 0. The van der Waals surface area contributed by atoms with E-state index in [0.717, 1.165) is 10.8 Å². The zero-order valence-electron chi connectivity index (χ0n) is 19.1. The summed E-state index contributed by atoms with van der Waals surface area (Å²) in [7, 11) is 0. The topological polar surface area (TPSA) is 114 Å². The molecule has 0 aromatic heterocycles. The summed E-state index contributed by atoms with van der Waals surface area (Å²) in [5.41, 5.74) is 7.82. The van der Waals surface area contributed by atoms with E-state index in [9.17, 15) is 14.7 Å². The molecule has 0 aliphatic carbocycles. The molecule has 7 nitrogen and oxygen atoms in total. The van der Waals surface area contributed by atoms with E-state index in [1.807, 2.05) is 36.4 Å². The molecule has 4 aromatic rings. The van der Waals surface area contributed by atoms with Crippen LogP contribution in [0.15, 0.2) is 102 Å². The Morgan fingerprint density at radius 3 is 2.50 bits per heavy atom. The van der Waals surface area contributed by atoms with E-state index in [4.69, 9.17) is 10.5 Å². The van der Waals surface area contributed by atoms with Gasteiger partial charge in [0, 0.05) is 21.8 Å². The van der Waals surface area contributed by atoms with Crippen molar-refractivity contribution in [2.75, 3.05) is 16.4 Å². The zero-order valence-corrected chi connectivity index (χ0v) is 20.7. The predicted octanol–water partition coefficient (Wildman–Crippen LogP) is 6.76. The summed E-state index contributed by atoms with van der Waals surface area (Å²) in [6.07, 6.45) is 1.50. The van der Waals surface area contributed by atoms with Gasteiger partial charge in [0.15, 0.2) is 0 Å². The van der Waals surface area contributed by atoms with Crippen LogP contribution in [0.2, 0.25) is 0 Å². The number of aromatic hydroxyl groups is 1. The van der Waals surface area contributed by atoms with Crippen LogP contribution in [-0.4, -0.2) is 17.1 Å². The van der Waals surface area contributed by atoms with Crippen molar-refractivity contribution in [1.29, 1.82) is 0 Å². The largest absolute Gasteiger partial charge is 0.508 e. The number of nitrogen functional groups attached to an aromatic ring is 1. The lowest BCUT2D eigenvalue weighted by Gasteiger charge is -2.19. The van der Waals surface area contributed by atoms with Crippen molar-refractivity contribution in [3.63, 3.8) is 0 Å². The summed E-state index contributed by atoms with van der Waals surface area (Å²) in [5, 5.41) is 17.8. The summed E-state index contributed by atoms with van der Waals surface area (Å²) in [4.78, 5) is 25.2. The van der Waals surface area contributed by atoms with Gasteiger partial charge in [-0.05, 0) is 47.9 Å². The number of hydrogen-bond acceptors (Lipinski definition) is 5. The van der Waals surface area contributed by atoms with Crippen LogP contribution in [0.3, 0.4) is 0 Å². The van der Waals surface area contributed by atoms with Crippen molar-refractivity contribution in [2.45, 2.75) is 12.5 Å². The minimum atomic E-state index is -0.858. The molecule has 1 atom stereocenters. The van der Waals surface area contributed by atoms with Crippen LogP contribution in [0.4, 0.5) is 21.9 Å². The Balaban J connectivity index is 1.50. The highest BCUT2D eigenvalue weighted by atomic mass is 79.9. The molecule has 0 bridgehead atoms. The molecule has 0 spiro atoms. The predicted molar refractivity (Wildman–Crippen MR) is 146 cm³/mol. The van der Waals surface area contributed by atoms with Gasteiger partial charge >= 0.3 is 6.09 Å². The fraction of sp³-hybridized carbons (Fsp3) is 0.0714. The summed E-state index contributed by atoms with van der Waals surface area (Å²) in [6, 6.07) is 25.0. The number of halogens is 1. The molecule has 4 rings (SSSR count). The number of benzene rings is 4. The van der Waals surface area contributed by atoms with Gasteiger partial charge in [-0.3, -0.25) is 10.1 Å². The minimum absolute atomic E-state index is 0.0314. The number of anilines is 3. The normalized spacial score (nSPS) is 11.8. The third-order valence-corrected chi connectivity index (χ3v) is 5.94. The molecule has 0 radical (unpaired) electrons. The number of ether oxygens (including phenoxy) is 1. The fourth-order valence-electron chi connectivity index (χ4n) is 3.71. The number of hydrogen-bond donors (Lipinski definition) is 4. The Bertz CT molecular complexity index is 1430. The first-order valence-electron chi connectivity index (χ1n) is 11.2. The number of nitrogens with one attached hydrogen (secondary N) is 2. The second-order valence-corrected chi connectivity index (χ2v) is 8.88. The lowest BCUT2D eigenvalue weighted by atomic mass is 10.0. The summed E-state index contributed by atoms with van der Waals surface area (Å²) >= 11 is 3.39. The van der Waals surface area contributed by atoms with Crippen LogP contribution < -0.4 is 16.4 Å². The molecule has 4 aromatic carbocycles. The lowest BCUT2D eigenvalue weighted by Crippen LogP contribution is -2.18. The molecule has 182 valence electrons. The van der Waals surface area contributed by atoms with Gasteiger partial charge < -0.3 is 20.9 Å². The number of amides is 2. The summed E-state index contributed by atoms with van der Waals surface area (Å²) < 4.78 is 6.42. The monoisotopic (exact) mass is 545 g/mol. The SMILES string of the molecule is Nc1ccccc1NC(=O)/C=C/C[C@H](OC(=O)Nc1cccc2ccccc12)c1cc(Br)ccc1O. The minimum Gasteiger partial charge on any atom is -0.508 e. The average Bonchev–Trinajstić information content (AvgIpc) is 2.86. The van der Waals surface area contributed by atoms with Crippen molar-refractivity contribution in [1.82, 2.24) is 0 Å². The Morgan fingerprint density at radius 1 is 0.944 bits per heavy atom. The van der Waals surface area contributed by atoms with Crippen molar-refractivity contribution in [2.24, 2.45) is 0 Å². The third-order valence-electron chi connectivity index (χ3n) is 5.45. The summed E-state index contributed by atoms with van der Waals surface area (Å²) in [5.74, 6) is -0.415. The molecule has 8 heteroatoms. The van der Waals surface area contributed by atoms with Crippen molar-refractivity contribution < 1.29 is 19.4 Å². The highest BCUT2D eigenvalue weighted by Gasteiger charge is 2.20. The fourth-order valence-corrected chi connectivity index (χ4v) is 4.09. The van der Waals surface area contributed by atoms with Crippen molar-refractivity contribution >= 4 is 55.8 Å². The molecule has 0 heterocycles. The highest BCUT2D eigenvalue weighted by molar-refractivity contribution is 9.10. The third kappa shape index (κ3) is 6.22. The first-order chi connectivity index (χ1) is 17.4.